The highest BCUT2D eigenvalue weighted by Crippen LogP contribution is 2.42. The molecule has 1 saturated carbocycles. The molecule has 1 saturated heterocycles. The average Bonchev–Trinajstić information content (AvgIpc) is 2.93. The molecule has 2 aliphatic rings. The van der Waals surface area contributed by atoms with Crippen molar-refractivity contribution >= 4 is 17.3 Å². The summed E-state index contributed by atoms with van der Waals surface area (Å²) in [7, 11) is 0. The van der Waals surface area contributed by atoms with E-state index in [-0.39, 0.29) is 6.42 Å². The normalized spacial score (nSPS) is 20.0. The van der Waals surface area contributed by atoms with E-state index in [0.717, 1.165) is 28.5 Å². The third-order valence-corrected chi connectivity index (χ3v) is 5.02. The molecule has 1 aromatic heterocycles. The number of carboxylic acids is 1. The molecule has 0 atom stereocenters. The van der Waals surface area contributed by atoms with Gasteiger partial charge < -0.3 is 10.0 Å². The number of carbonyl (C=O) groups is 1. The van der Waals surface area contributed by atoms with Gasteiger partial charge in [0.05, 0.1) is 17.1 Å². The molecule has 5 heteroatoms. The molecule has 104 valence electrons. The fourth-order valence-electron chi connectivity index (χ4n) is 2.72. The second-order valence-electron chi connectivity index (χ2n) is 5.56. The quantitative estimate of drug-likeness (QED) is 0.868. The van der Waals surface area contributed by atoms with Gasteiger partial charge in [-0.3, -0.25) is 4.79 Å². The molecule has 19 heavy (non-hydrogen) atoms. The van der Waals surface area contributed by atoms with Crippen molar-refractivity contribution in [2.24, 2.45) is 0 Å². The van der Waals surface area contributed by atoms with Gasteiger partial charge in [-0.1, -0.05) is 0 Å². The van der Waals surface area contributed by atoms with E-state index in [4.69, 9.17) is 10.1 Å². The molecule has 0 spiro atoms. The number of thiazole rings is 1. The lowest BCUT2D eigenvalue weighted by Gasteiger charge is -2.12. The lowest BCUT2D eigenvalue weighted by Crippen LogP contribution is -2.21. The van der Waals surface area contributed by atoms with E-state index >= 15 is 0 Å². The molecule has 0 aromatic carbocycles. The van der Waals surface area contributed by atoms with Crippen molar-refractivity contribution in [3.05, 3.63) is 15.6 Å². The Morgan fingerprint density at radius 3 is 2.74 bits per heavy atom. The van der Waals surface area contributed by atoms with Gasteiger partial charge in [0, 0.05) is 23.8 Å². The van der Waals surface area contributed by atoms with E-state index < -0.39 is 5.97 Å². The number of hydrogen-bond donors (Lipinski definition) is 1. The minimum absolute atomic E-state index is 0.146. The Hall–Kier alpha value is -0.940. The van der Waals surface area contributed by atoms with Crippen LogP contribution in [-0.2, 0) is 17.6 Å². The summed E-state index contributed by atoms with van der Waals surface area (Å²) in [5, 5.41) is 10.1. The van der Waals surface area contributed by atoms with E-state index in [1.165, 1.54) is 38.8 Å². The summed E-state index contributed by atoms with van der Waals surface area (Å²) in [6.45, 7) is 3.50. The zero-order valence-electron chi connectivity index (χ0n) is 11.1. The van der Waals surface area contributed by atoms with Crippen LogP contribution in [-0.4, -0.2) is 40.6 Å². The summed E-state index contributed by atoms with van der Waals surface area (Å²) < 4.78 is 0. The number of hydrogen-bond acceptors (Lipinski definition) is 4. The number of carboxylic acid groups (broad SMARTS) is 1. The van der Waals surface area contributed by atoms with Crippen LogP contribution in [0.1, 0.15) is 47.2 Å². The van der Waals surface area contributed by atoms with E-state index in [2.05, 4.69) is 4.90 Å². The Morgan fingerprint density at radius 2 is 2.11 bits per heavy atom. The number of nitrogens with zero attached hydrogens (tertiary/aromatic N) is 2. The maximum absolute atomic E-state index is 10.9. The number of likely N-dealkylation sites (tertiary alicyclic amines) is 1. The predicted octanol–water partition coefficient (Wildman–Crippen LogP) is 2.29. The van der Waals surface area contributed by atoms with Crippen LogP contribution in [0.2, 0.25) is 0 Å². The SMILES string of the molecule is O=C(O)Cc1sc(CCN2CCCC2)nc1C1CC1. The number of aliphatic carboxylic acids is 1. The molecule has 4 nitrogen and oxygen atoms in total. The third kappa shape index (κ3) is 3.34. The topological polar surface area (TPSA) is 53.4 Å². The summed E-state index contributed by atoms with van der Waals surface area (Å²) in [5.41, 5.74) is 1.09. The van der Waals surface area contributed by atoms with Crippen LogP contribution in [0.25, 0.3) is 0 Å². The van der Waals surface area contributed by atoms with Crippen molar-refractivity contribution in [3.63, 3.8) is 0 Å². The lowest BCUT2D eigenvalue weighted by molar-refractivity contribution is -0.136. The van der Waals surface area contributed by atoms with Crippen LogP contribution >= 0.6 is 11.3 Å². The van der Waals surface area contributed by atoms with Crippen molar-refractivity contribution in [1.82, 2.24) is 9.88 Å². The predicted molar refractivity (Wildman–Crippen MR) is 74.8 cm³/mol. The minimum Gasteiger partial charge on any atom is -0.481 e. The van der Waals surface area contributed by atoms with Gasteiger partial charge in [0.1, 0.15) is 0 Å². The molecule has 1 aliphatic heterocycles. The highest BCUT2D eigenvalue weighted by atomic mass is 32.1. The van der Waals surface area contributed by atoms with Crippen molar-refractivity contribution in [2.45, 2.75) is 44.4 Å². The molecular formula is C14H20N2O2S. The Labute approximate surface area is 117 Å². The summed E-state index contributed by atoms with van der Waals surface area (Å²) in [6.07, 6.45) is 6.12. The first-order chi connectivity index (χ1) is 9.22. The molecule has 1 N–H and O–H groups in total. The molecule has 0 bridgehead atoms. The van der Waals surface area contributed by atoms with Crippen LogP contribution in [0.3, 0.4) is 0 Å². The van der Waals surface area contributed by atoms with Gasteiger partial charge in [0.25, 0.3) is 0 Å². The fraction of sp³-hybridized carbons (Fsp3) is 0.714. The highest BCUT2D eigenvalue weighted by molar-refractivity contribution is 7.11. The minimum atomic E-state index is -0.739. The van der Waals surface area contributed by atoms with Crippen molar-refractivity contribution in [1.29, 1.82) is 0 Å². The summed E-state index contributed by atoms with van der Waals surface area (Å²) >= 11 is 1.62. The van der Waals surface area contributed by atoms with Crippen molar-refractivity contribution in [2.75, 3.05) is 19.6 Å². The average molecular weight is 280 g/mol. The van der Waals surface area contributed by atoms with Crippen LogP contribution in [0, 0.1) is 0 Å². The van der Waals surface area contributed by atoms with Gasteiger partial charge in [-0.15, -0.1) is 11.3 Å². The number of rotatable bonds is 6. The second kappa shape index (κ2) is 5.59. The van der Waals surface area contributed by atoms with Gasteiger partial charge in [-0.2, -0.15) is 0 Å². The van der Waals surface area contributed by atoms with Gasteiger partial charge in [0.15, 0.2) is 0 Å². The molecule has 0 amide bonds. The first-order valence-electron chi connectivity index (χ1n) is 7.15. The van der Waals surface area contributed by atoms with E-state index in [0.29, 0.717) is 5.92 Å². The largest absolute Gasteiger partial charge is 0.481 e. The Morgan fingerprint density at radius 1 is 1.37 bits per heavy atom. The molecular weight excluding hydrogens is 260 g/mol. The Balaban J connectivity index is 1.65. The summed E-state index contributed by atoms with van der Waals surface area (Å²) in [6, 6.07) is 0. The van der Waals surface area contributed by atoms with Gasteiger partial charge in [-0.05, 0) is 38.8 Å². The maximum atomic E-state index is 10.9. The third-order valence-electron chi connectivity index (χ3n) is 3.89. The maximum Gasteiger partial charge on any atom is 0.308 e. The van der Waals surface area contributed by atoms with Crippen LogP contribution in [0.4, 0.5) is 0 Å². The summed E-state index contributed by atoms with van der Waals surface area (Å²) in [5.74, 6) is -0.192. The zero-order valence-corrected chi connectivity index (χ0v) is 11.9. The van der Waals surface area contributed by atoms with Crippen molar-refractivity contribution in [3.8, 4) is 0 Å². The monoisotopic (exact) mass is 280 g/mol. The first-order valence-corrected chi connectivity index (χ1v) is 7.96. The van der Waals surface area contributed by atoms with Crippen LogP contribution in [0.15, 0.2) is 0 Å². The van der Waals surface area contributed by atoms with Crippen LogP contribution in [0.5, 0.6) is 0 Å². The molecule has 1 aliphatic carbocycles. The second-order valence-corrected chi connectivity index (χ2v) is 6.73. The Kier molecular flexibility index (Phi) is 3.84. The van der Waals surface area contributed by atoms with Crippen molar-refractivity contribution < 1.29 is 9.90 Å². The number of aromatic nitrogens is 1. The first kappa shape index (κ1) is 13.1. The molecule has 2 fully saturated rings. The zero-order chi connectivity index (χ0) is 13.2. The molecule has 0 unspecified atom stereocenters. The highest BCUT2D eigenvalue weighted by Gasteiger charge is 2.30. The molecule has 2 heterocycles. The van der Waals surface area contributed by atoms with Crippen LogP contribution < -0.4 is 0 Å². The van der Waals surface area contributed by atoms with Gasteiger partial charge in [0.2, 0.25) is 0 Å². The molecule has 3 rings (SSSR count). The molecule has 0 radical (unpaired) electrons. The van der Waals surface area contributed by atoms with E-state index in [1.54, 1.807) is 11.3 Å². The standard InChI is InChI=1S/C14H20N2O2S/c17-13(18)9-11-14(10-3-4-10)15-12(19-11)5-8-16-6-1-2-7-16/h10H,1-9H2,(H,17,18). The molecule has 1 aromatic rings. The smallest absolute Gasteiger partial charge is 0.308 e. The fourth-order valence-corrected chi connectivity index (χ4v) is 3.85. The lowest BCUT2D eigenvalue weighted by atomic mass is 10.2. The van der Waals surface area contributed by atoms with Gasteiger partial charge in [-0.25, -0.2) is 4.98 Å². The Bertz CT molecular complexity index is 462. The summed E-state index contributed by atoms with van der Waals surface area (Å²) in [4.78, 5) is 19.1. The van der Waals surface area contributed by atoms with Gasteiger partial charge >= 0.3 is 5.97 Å². The van der Waals surface area contributed by atoms with E-state index in [1.807, 2.05) is 0 Å². The van der Waals surface area contributed by atoms with E-state index in [9.17, 15) is 4.79 Å².